The van der Waals surface area contributed by atoms with Crippen molar-refractivity contribution >= 4 is 24.4 Å². The largest absolute Gasteiger partial charge is 0.483 e. The van der Waals surface area contributed by atoms with Crippen molar-refractivity contribution in [3.05, 3.63) is 70.8 Å². The fourth-order valence-electron chi connectivity index (χ4n) is 1.84. The summed E-state index contributed by atoms with van der Waals surface area (Å²) in [5, 5.41) is 14.3. The van der Waals surface area contributed by atoms with Crippen molar-refractivity contribution in [2.75, 3.05) is 0 Å². The zero-order valence-corrected chi connectivity index (χ0v) is 16.6. The molecule has 0 atom stereocenters. The van der Waals surface area contributed by atoms with Gasteiger partial charge in [-0.3, -0.25) is 9.59 Å². The van der Waals surface area contributed by atoms with Crippen LogP contribution in [-0.4, -0.2) is 40.9 Å². The Hall–Kier alpha value is -3.68. The lowest BCUT2D eigenvalue weighted by molar-refractivity contribution is -0.134. The summed E-state index contributed by atoms with van der Waals surface area (Å²) in [7, 11) is 0. The summed E-state index contributed by atoms with van der Waals surface area (Å²) in [5.74, 6) is -1.88. The van der Waals surface area contributed by atoms with Crippen LogP contribution in [-0.2, 0) is 19.1 Å². The Morgan fingerprint density at radius 3 is 1.31 bits per heavy atom. The number of carbonyl (C=O) groups is 4. The molecule has 0 spiro atoms. The van der Waals surface area contributed by atoms with Gasteiger partial charge in [-0.2, -0.15) is 0 Å². The van der Waals surface area contributed by atoms with Gasteiger partial charge >= 0.3 is 11.9 Å². The molecular formula is C21H24O8. The quantitative estimate of drug-likeness (QED) is 0.451. The van der Waals surface area contributed by atoms with E-state index >= 15 is 0 Å². The smallest absolute Gasteiger partial charge is 0.341 e. The minimum Gasteiger partial charge on any atom is -0.483 e. The van der Waals surface area contributed by atoms with Crippen LogP contribution < -0.4 is 0 Å². The fraction of sp³-hybridized carbons (Fsp3) is 0.238. The molecule has 156 valence electrons. The molecule has 0 saturated carbocycles. The summed E-state index contributed by atoms with van der Waals surface area (Å²) < 4.78 is 10.2. The minimum atomic E-state index is -0.956. The van der Waals surface area contributed by atoms with Gasteiger partial charge in [-0.1, -0.05) is 35.4 Å². The van der Waals surface area contributed by atoms with Crippen LogP contribution in [0.2, 0.25) is 0 Å². The van der Waals surface area contributed by atoms with Crippen LogP contribution in [0.25, 0.3) is 0 Å². The Morgan fingerprint density at radius 1 is 0.828 bits per heavy atom. The summed E-state index contributed by atoms with van der Waals surface area (Å²) in [4.78, 5) is 41.2. The number of esters is 2. The van der Waals surface area contributed by atoms with Gasteiger partial charge in [-0.25, -0.2) is 9.59 Å². The molecule has 0 fully saturated rings. The van der Waals surface area contributed by atoms with E-state index in [9.17, 15) is 9.59 Å². The number of benzene rings is 2. The maximum atomic E-state index is 11.9. The Balaban J connectivity index is 0.000000975. The number of carbonyl (C=O) groups excluding carboxylic acids is 2. The molecule has 8 heteroatoms. The summed E-state index contributed by atoms with van der Waals surface area (Å²) in [5.41, 5.74) is 2.94. The predicted molar refractivity (Wildman–Crippen MR) is 105 cm³/mol. The van der Waals surface area contributed by atoms with E-state index in [2.05, 4.69) is 0 Å². The van der Waals surface area contributed by atoms with E-state index < -0.39 is 24.2 Å². The van der Waals surface area contributed by atoms with Crippen molar-refractivity contribution in [2.24, 2.45) is 0 Å². The first-order valence-corrected chi connectivity index (χ1v) is 8.43. The van der Waals surface area contributed by atoms with Crippen LogP contribution in [0.3, 0.4) is 0 Å². The standard InChI is InChI=1S/C18H18O4.C2H4O2.CH2O2/c1-12-4-8-15(9-5-12)17(19)21-14(3)22-18(20)16-10-6-13(2)7-11-16;1-2(3)4;2-1-3/h4-11,14H,1-3H3;1H3,(H,3,4);1H,(H,2,3). The lowest BCUT2D eigenvalue weighted by Crippen LogP contribution is -2.21. The number of hydrogen-bond donors (Lipinski definition) is 2. The van der Waals surface area contributed by atoms with E-state index in [4.69, 9.17) is 29.3 Å². The van der Waals surface area contributed by atoms with Crippen LogP contribution in [0.4, 0.5) is 0 Å². The molecule has 0 bridgehead atoms. The summed E-state index contributed by atoms with van der Waals surface area (Å²) in [6.07, 6.45) is -0.956. The SMILES string of the molecule is CC(=O)O.Cc1ccc(C(=O)OC(C)OC(=O)c2ccc(C)cc2)cc1.O=CO. The monoisotopic (exact) mass is 404 g/mol. The van der Waals surface area contributed by atoms with Crippen LogP contribution in [0.1, 0.15) is 45.7 Å². The lowest BCUT2D eigenvalue weighted by atomic mass is 10.1. The van der Waals surface area contributed by atoms with Crippen LogP contribution in [0, 0.1) is 13.8 Å². The molecular weight excluding hydrogens is 380 g/mol. The van der Waals surface area contributed by atoms with E-state index in [1.165, 1.54) is 6.92 Å². The van der Waals surface area contributed by atoms with Gasteiger partial charge in [0.15, 0.2) is 0 Å². The van der Waals surface area contributed by atoms with E-state index in [0.717, 1.165) is 18.1 Å². The fourth-order valence-corrected chi connectivity index (χ4v) is 1.84. The average molecular weight is 404 g/mol. The molecule has 0 unspecified atom stereocenters. The first kappa shape index (κ1) is 25.3. The molecule has 0 saturated heterocycles. The zero-order valence-electron chi connectivity index (χ0n) is 16.6. The first-order chi connectivity index (χ1) is 13.6. The zero-order chi connectivity index (χ0) is 22.4. The molecule has 29 heavy (non-hydrogen) atoms. The van der Waals surface area contributed by atoms with Gasteiger partial charge < -0.3 is 19.7 Å². The summed E-state index contributed by atoms with van der Waals surface area (Å²) in [6.45, 7) is 6.21. The lowest BCUT2D eigenvalue weighted by Gasteiger charge is -2.14. The average Bonchev–Trinajstić information content (AvgIpc) is 2.62. The van der Waals surface area contributed by atoms with E-state index in [1.807, 2.05) is 38.1 Å². The van der Waals surface area contributed by atoms with Crippen molar-refractivity contribution in [3.8, 4) is 0 Å². The van der Waals surface area contributed by atoms with Crippen molar-refractivity contribution in [2.45, 2.75) is 34.0 Å². The van der Waals surface area contributed by atoms with E-state index in [-0.39, 0.29) is 6.47 Å². The van der Waals surface area contributed by atoms with E-state index in [0.29, 0.717) is 11.1 Å². The predicted octanol–water partition coefficient (Wildman–Crippen LogP) is 3.45. The van der Waals surface area contributed by atoms with Gasteiger partial charge in [0.25, 0.3) is 12.4 Å². The highest BCUT2D eigenvalue weighted by molar-refractivity contribution is 5.91. The number of carboxylic acids is 1. The molecule has 2 aromatic carbocycles. The molecule has 0 radical (unpaired) electrons. The Bertz CT molecular complexity index is 731. The first-order valence-electron chi connectivity index (χ1n) is 8.43. The topological polar surface area (TPSA) is 127 Å². The van der Waals surface area contributed by atoms with Gasteiger partial charge in [0.1, 0.15) is 0 Å². The highest BCUT2D eigenvalue weighted by Crippen LogP contribution is 2.10. The third-order valence-corrected chi connectivity index (χ3v) is 3.12. The van der Waals surface area contributed by atoms with Crippen LogP contribution >= 0.6 is 0 Å². The molecule has 0 aliphatic rings. The highest BCUT2D eigenvalue weighted by Gasteiger charge is 2.16. The summed E-state index contributed by atoms with van der Waals surface area (Å²) >= 11 is 0. The third-order valence-electron chi connectivity index (χ3n) is 3.12. The Labute approximate surface area is 168 Å². The van der Waals surface area contributed by atoms with Crippen molar-refractivity contribution in [1.29, 1.82) is 0 Å². The van der Waals surface area contributed by atoms with Gasteiger partial charge in [-0.15, -0.1) is 0 Å². The number of rotatable bonds is 4. The number of aliphatic carboxylic acids is 1. The third kappa shape index (κ3) is 11.6. The van der Waals surface area contributed by atoms with Crippen molar-refractivity contribution in [3.63, 3.8) is 0 Å². The van der Waals surface area contributed by atoms with Crippen molar-refractivity contribution < 1.29 is 38.9 Å². The molecule has 0 aromatic heterocycles. The highest BCUT2D eigenvalue weighted by atomic mass is 16.7. The van der Waals surface area contributed by atoms with Crippen molar-refractivity contribution in [1.82, 2.24) is 0 Å². The molecule has 0 aliphatic heterocycles. The van der Waals surface area contributed by atoms with E-state index in [1.54, 1.807) is 24.3 Å². The van der Waals surface area contributed by atoms with Gasteiger partial charge in [0.05, 0.1) is 11.1 Å². The summed E-state index contributed by atoms with van der Waals surface area (Å²) in [6, 6.07) is 14.0. The van der Waals surface area contributed by atoms with Crippen LogP contribution in [0.5, 0.6) is 0 Å². The number of carboxylic acid groups (broad SMARTS) is 2. The van der Waals surface area contributed by atoms with Gasteiger partial charge in [0.2, 0.25) is 6.29 Å². The molecule has 2 aromatic rings. The second-order valence-electron chi connectivity index (χ2n) is 5.73. The molecule has 0 aliphatic carbocycles. The molecule has 8 nitrogen and oxygen atoms in total. The number of ether oxygens (including phenoxy) is 2. The second kappa shape index (κ2) is 13.5. The molecule has 2 rings (SSSR count). The molecule has 0 amide bonds. The van der Waals surface area contributed by atoms with Gasteiger partial charge in [-0.05, 0) is 38.1 Å². The number of hydrogen-bond acceptors (Lipinski definition) is 6. The Morgan fingerprint density at radius 2 is 1.07 bits per heavy atom. The number of aryl methyl sites for hydroxylation is 2. The second-order valence-corrected chi connectivity index (χ2v) is 5.73. The maximum Gasteiger partial charge on any atom is 0.341 e. The van der Waals surface area contributed by atoms with Crippen LogP contribution in [0.15, 0.2) is 48.5 Å². The maximum absolute atomic E-state index is 11.9. The Kier molecular flexibility index (Phi) is 11.8. The molecule has 0 heterocycles. The molecule has 2 N–H and O–H groups in total. The van der Waals surface area contributed by atoms with Gasteiger partial charge in [0, 0.05) is 13.8 Å². The normalized spacial score (nSPS) is 9.14. The minimum absolute atomic E-state index is 0.250.